The van der Waals surface area contributed by atoms with Crippen LogP contribution in [0.25, 0.3) is 0 Å². The number of rotatable bonds is 5. The second-order valence-corrected chi connectivity index (χ2v) is 7.26. The van der Waals surface area contributed by atoms with Gasteiger partial charge in [0.25, 0.3) is 5.91 Å². The average Bonchev–Trinajstić information content (AvgIpc) is 3.26. The van der Waals surface area contributed by atoms with E-state index >= 15 is 0 Å². The van der Waals surface area contributed by atoms with Crippen molar-refractivity contribution in [1.29, 1.82) is 0 Å². The van der Waals surface area contributed by atoms with Gasteiger partial charge in [0.05, 0.1) is 0 Å². The van der Waals surface area contributed by atoms with Gasteiger partial charge < -0.3 is 25.2 Å². The van der Waals surface area contributed by atoms with Crippen LogP contribution in [0.4, 0.5) is 23.0 Å². The average molecular weight is 382 g/mol. The number of aromatic nitrogens is 2. The maximum absolute atomic E-state index is 12.0. The van der Waals surface area contributed by atoms with Gasteiger partial charge in [0.2, 0.25) is 0 Å². The molecule has 28 heavy (non-hydrogen) atoms. The number of piperazine rings is 1. The van der Waals surface area contributed by atoms with E-state index in [2.05, 4.69) is 49.8 Å². The molecule has 0 bridgehead atoms. The minimum absolute atomic E-state index is 0.160. The van der Waals surface area contributed by atoms with Crippen LogP contribution in [0.3, 0.4) is 0 Å². The Morgan fingerprint density at radius 3 is 2.39 bits per heavy atom. The molecule has 1 amide bonds. The SMILES string of the molecule is CN1CCN(c2ccc(Nc3ccc(NC(=O)C4CCCO4)nn3)cc2)CC1. The van der Waals surface area contributed by atoms with Crippen molar-refractivity contribution >= 4 is 28.9 Å². The monoisotopic (exact) mass is 382 g/mol. The zero-order valence-electron chi connectivity index (χ0n) is 16.1. The first-order chi connectivity index (χ1) is 13.7. The molecule has 148 valence electrons. The van der Waals surface area contributed by atoms with Gasteiger partial charge in [-0.05, 0) is 56.3 Å². The van der Waals surface area contributed by atoms with Gasteiger partial charge >= 0.3 is 0 Å². The predicted molar refractivity (Wildman–Crippen MR) is 109 cm³/mol. The van der Waals surface area contributed by atoms with Gasteiger partial charge in [-0.3, -0.25) is 4.79 Å². The Morgan fingerprint density at radius 2 is 1.75 bits per heavy atom. The molecule has 2 N–H and O–H groups in total. The number of benzene rings is 1. The maximum atomic E-state index is 12.0. The standard InChI is InChI=1S/C20H26N6O2/c1-25-10-12-26(13-11-25)16-6-4-15(5-7-16)21-18-8-9-19(24-23-18)22-20(27)17-3-2-14-28-17/h4-9,17H,2-3,10-14H2,1H3,(H,21,23)(H,22,24,27). The van der Waals surface area contributed by atoms with Crippen LogP contribution < -0.4 is 15.5 Å². The van der Waals surface area contributed by atoms with Crippen LogP contribution in [-0.4, -0.2) is 66.9 Å². The molecule has 4 rings (SSSR count). The molecule has 2 aliphatic heterocycles. The Labute approximate surface area is 164 Å². The fraction of sp³-hybridized carbons (Fsp3) is 0.450. The van der Waals surface area contributed by atoms with Crippen LogP contribution in [0.1, 0.15) is 12.8 Å². The van der Waals surface area contributed by atoms with Crippen molar-refractivity contribution in [3.8, 4) is 0 Å². The van der Waals surface area contributed by atoms with Gasteiger partial charge in [-0.1, -0.05) is 0 Å². The first kappa shape index (κ1) is 18.6. The van der Waals surface area contributed by atoms with Gasteiger partial charge in [-0.2, -0.15) is 0 Å². The molecule has 2 fully saturated rings. The molecule has 8 nitrogen and oxygen atoms in total. The fourth-order valence-corrected chi connectivity index (χ4v) is 3.42. The minimum atomic E-state index is -0.376. The van der Waals surface area contributed by atoms with Crippen LogP contribution in [0, 0.1) is 0 Å². The van der Waals surface area contributed by atoms with Crippen LogP contribution in [0.15, 0.2) is 36.4 Å². The number of carbonyl (C=O) groups excluding carboxylic acids is 1. The summed E-state index contributed by atoms with van der Waals surface area (Å²) in [5, 5.41) is 14.2. The smallest absolute Gasteiger partial charge is 0.254 e. The number of amides is 1. The summed E-state index contributed by atoms with van der Waals surface area (Å²) in [4.78, 5) is 16.8. The molecule has 3 heterocycles. The Balaban J connectivity index is 1.32. The van der Waals surface area contributed by atoms with Crippen LogP contribution >= 0.6 is 0 Å². The number of carbonyl (C=O) groups is 1. The lowest BCUT2D eigenvalue weighted by Gasteiger charge is -2.34. The largest absolute Gasteiger partial charge is 0.369 e. The van der Waals surface area contributed by atoms with E-state index in [-0.39, 0.29) is 12.0 Å². The molecule has 8 heteroatoms. The molecule has 0 saturated carbocycles. The van der Waals surface area contributed by atoms with E-state index in [0.29, 0.717) is 18.2 Å². The third-order valence-corrected chi connectivity index (χ3v) is 5.15. The zero-order chi connectivity index (χ0) is 19.3. The summed E-state index contributed by atoms with van der Waals surface area (Å²) in [6.45, 7) is 4.92. The molecule has 2 aromatic rings. The minimum Gasteiger partial charge on any atom is -0.369 e. The van der Waals surface area contributed by atoms with E-state index < -0.39 is 0 Å². The van der Waals surface area contributed by atoms with Crippen molar-refractivity contribution in [1.82, 2.24) is 15.1 Å². The zero-order valence-corrected chi connectivity index (χ0v) is 16.1. The molecular weight excluding hydrogens is 356 g/mol. The quantitative estimate of drug-likeness (QED) is 0.819. The topological polar surface area (TPSA) is 82.6 Å². The van der Waals surface area contributed by atoms with Gasteiger partial charge in [-0.15, -0.1) is 10.2 Å². The molecule has 2 saturated heterocycles. The lowest BCUT2D eigenvalue weighted by Crippen LogP contribution is -2.44. The highest BCUT2D eigenvalue weighted by Gasteiger charge is 2.23. The van der Waals surface area contributed by atoms with Crippen LogP contribution in [0.5, 0.6) is 0 Å². The third kappa shape index (κ3) is 4.58. The lowest BCUT2D eigenvalue weighted by molar-refractivity contribution is -0.124. The second kappa shape index (κ2) is 8.53. The number of ether oxygens (including phenoxy) is 1. The Kier molecular flexibility index (Phi) is 5.68. The Hall–Kier alpha value is -2.71. The summed E-state index contributed by atoms with van der Waals surface area (Å²) in [5.41, 5.74) is 2.18. The highest BCUT2D eigenvalue weighted by molar-refractivity contribution is 5.93. The van der Waals surface area contributed by atoms with Crippen molar-refractivity contribution in [3.05, 3.63) is 36.4 Å². The van der Waals surface area contributed by atoms with Gasteiger partial charge in [0.1, 0.15) is 6.10 Å². The predicted octanol–water partition coefficient (Wildman–Crippen LogP) is 2.09. The van der Waals surface area contributed by atoms with Crippen molar-refractivity contribution < 1.29 is 9.53 Å². The van der Waals surface area contributed by atoms with E-state index in [0.717, 1.165) is 44.7 Å². The van der Waals surface area contributed by atoms with Crippen molar-refractivity contribution in [2.75, 3.05) is 55.4 Å². The van der Waals surface area contributed by atoms with E-state index in [4.69, 9.17) is 4.74 Å². The van der Waals surface area contributed by atoms with E-state index in [1.807, 2.05) is 12.1 Å². The third-order valence-electron chi connectivity index (χ3n) is 5.15. The fourth-order valence-electron chi connectivity index (χ4n) is 3.42. The highest BCUT2D eigenvalue weighted by atomic mass is 16.5. The molecule has 0 aliphatic carbocycles. The number of hydrogen-bond donors (Lipinski definition) is 2. The summed E-state index contributed by atoms with van der Waals surface area (Å²) in [7, 11) is 2.16. The number of hydrogen-bond acceptors (Lipinski definition) is 7. The molecule has 0 spiro atoms. The normalized spacial score (nSPS) is 20.2. The first-order valence-electron chi connectivity index (χ1n) is 9.74. The Morgan fingerprint density at radius 1 is 1.04 bits per heavy atom. The number of nitrogens with zero attached hydrogens (tertiary/aromatic N) is 4. The molecule has 1 atom stereocenters. The summed E-state index contributed by atoms with van der Waals surface area (Å²) in [5.74, 6) is 0.894. The van der Waals surface area contributed by atoms with Gasteiger partial charge in [0, 0.05) is 44.2 Å². The van der Waals surface area contributed by atoms with Crippen molar-refractivity contribution in [2.45, 2.75) is 18.9 Å². The molecule has 1 aromatic heterocycles. The molecule has 0 radical (unpaired) electrons. The Bertz CT molecular complexity index is 781. The summed E-state index contributed by atoms with van der Waals surface area (Å²) < 4.78 is 5.37. The van der Waals surface area contributed by atoms with Crippen molar-refractivity contribution in [3.63, 3.8) is 0 Å². The molecule has 2 aliphatic rings. The molecular formula is C20H26N6O2. The summed E-state index contributed by atoms with van der Waals surface area (Å²) in [6.07, 6.45) is 1.29. The van der Waals surface area contributed by atoms with Crippen molar-refractivity contribution in [2.24, 2.45) is 0 Å². The lowest BCUT2D eigenvalue weighted by atomic mass is 10.2. The second-order valence-electron chi connectivity index (χ2n) is 7.26. The molecule has 1 unspecified atom stereocenters. The first-order valence-corrected chi connectivity index (χ1v) is 9.74. The van der Waals surface area contributed by atoms with E-state index in [1.54, 1.807) is 12.1 Å². The molecule has 1 aromatic carbocycles. The van der Waals surface area contributed by atoms with Crippen LogP contribution in [0.2, 0.25) is 0 Å². The van der Waals surface area contributed by atoms with E-state index in [1.165, 1.54) is 5.69 Å². The maximum Gasteiger partial charge on any atom is 0.254 e. The highest BCUT2D eigenvalue weighted by Crippen LogP contribution is 2.21. The van der Waals surface area contributed by atoms with Gasteiger partial charge in [-0.25, -0.2) is 0 Å². The summed E-state index contributed by atoms with van der Waals surface area (Å²) >= 11 is 0. The number of likely N-dealkylation sites (N-methyl/N-ethyl adjacent to an activating group) is 1. The number of nitrogens with one attached hydrogen (secondary N) is 2. The van der Waals surface area contributed by atoms with E-state index in [9.17, 15) is 4.79 Å². The van der Waals surface area contributed by atoms with Crippen LogP contribution in [-0.2, 0) is 9.53 Å². The number of anilines is 4. The van der Waals surface area contributed by atoms with Gasteiger partial charge in [0.15, 0.2) is 11.6 Å². The summed E-state index contributed by atoms with van der Waals surface area (Å²) in [6, 6.07) is 11.9.